The number of esters is 4. The molecule has 0 bridgehead atoms. The number of hydrogen-bond acceptors (Lipinski definition) is 15. The van der Waals surface area contributed by atoms with Crippen molar-refractivity contribution in [2.45, 2.75) is 354 Å². The molecule has 5 unspecified atom stereocenters. The molecule has 0 fully saturated rings. The molecule has 3 N–H and O–H groups in total. The maximum Gasteiger partial charge on any atom is 0.472 e. The van der Waals surface area contributed by atoms with Crippen molar-refractivity contribution >= 4 is 39.5 Å². The molecule has 100 heavy (non-hydrogen) atoms. The second kappa shape index (κ2) is 73.3. The number of aliphatic hydroxyl groups excluding tert-OH is 1. The van der Waals surface area contributed by atoms with E-state index in [2.05, 4.69) is 125 Å². The second-order valence-electron chi connectivity index (χ2n) is 26.2. The van der Waals surface area contributed by atoms with Crippen LogP contribution in [0.3, 0.4) is 0 Å². The van der Waals surface area contributed by atoms with E-state index in [9.17, 15) is 43.2 Å². The number of unbranched alkanes of at least 4 members (excludes halogenated alkanes) is 32. The molecule has 0 aromatic rings. The minimum atomic E-state index is -4.98. The predicted octanol–water partition coefficient (Wildman–Crippen LogP) is 22.8. The summed E-state index contributed by atoms with van der Waals surface area (Å²) in [7, 11) is -9.96. The van der Waals surface area contributed by atoms with Crippen LogP contribution in [0, 0.1) is 0 Å². The zero-order chi connectivity index (χ0) is 73.2. The fourth-order valence-electron chi connectivity index (χ4n) is 10.6. The molecule has 0 heterocycles. The van der Waals surface area contributed by atoms with Crippen LogP contribution in [-0.2, 0) is 65.4 Å². The number of carbonyl (C=O) groups excluding carboxylic acids is 4. The molecule has 578 valence electrons. The summed E-state index contributed by atoms with van der Waals surface area (Å²) in [4.78, 5) is 73.0. The number of hydrogen-bond donors (Lipinski definition) is 3. The van der Waals surface area contributed by atoms with Crippen molar-refractivity contribution < 1.29 is 80.2 Å². The molecule has 0 aliphatic heterocycles. The summed E-state index contributed by atoms with van der Waals surface area (Å²) in [6, 6.07) is 0. The number of phosphoric ester groups is 2. The van der Waals surface area contributed by atoms with E-state index in [1.165, 1.54) is 70.6 Å². The highest BCUT2D eigenvalue weighted by atomic mass is 31.2. The van der Waals surface area contributed by atoms with Gasteiger partial charge in [-0.15, -0.1) is 0 Å². The van der Waals surface area contributed by atoms with Crippen molar-refractivity contribution in [2.75, 3.05) is 39.6 Å². The maximum atomic E-state index is 13.1. The van der Waals surface area contributed by atoms with Gasteiger partial charge in [0.15, 0.2) is 12.2 Å². The van der Waals surface area contributed by atoms with Crippen LogP contribution in [0.1, 0.15) is 336 Å². The lowest BCUT2D eigenvalue weighted by molar-refractivity contribution is -0.161. The maximum absolute atomic E-state index is 13.1. The van der Waals surface area contributed by atoms with Crippen molar-refractivity contribution in [3.05, 3.63) is 97.2 Å². The fourth-order valence-corrected chi connectivity index (χ4v) is 12.2. The van der Waals surface area contributed by atoms with Gasteiger partial charge in [0.25, 0.3) is 0 Å². The Labute approximate surface area is 607 Å². The van der Waals surface area contributed by atoms with Gasteiger partial charge in [0, 0.05) is 25.7 Å². The van der Waals surface area contributed by atoms with Crippen molar-refractivity contribution in [3.8, 4) is 0 Å². The number of carbonyl (C=O) groups is 4. The summed E-state index contributed by atoms with van der Waals surface area (Å²) in [5.74, 6) is -2.20. The first-order chi connectivity index (χ1) is 48.7. The van der Waals surface area contributed by atoms with Crippen LogP contribution in [-0.4, -0.2) is 96.7 Å². The number of aliphatic hydroxyl groups is 1. The molecule has 0 aliphatic carbocycles. The molecule has 17 nitrogen and oxygen atoms in total. The molecule has 0 aliphatic rings. The van der Waals surface area contributed by atoms with Gasteiger partial charge in [-0.3, -0.25) is 37.3 Å². The van der Waals surface area contributed by atoms with Gasteiger partial charge < -0.3 is 33.8 Å². The molecular formula is C81H142O17P2. The highest BCUT2D eigenvalue weighted by Crippen LogP contribution is 2.45. The SMILES string of the molecule is CC/C=C\C/C=C\C/C=C\CCCCCCCCCC(=O)OCC(COP(=O)(O)OCC(O)COP(=O)(O)OCC(COC(=O)CCCCCCC/C=C\C/C=C\C/C=C\CC)OC(=O)CCCCCCCCCCCCCCC)OC(=O)CCCCCCC/C=C\C/C=C\CCCCC. The first kappa shape index (κ1) is 96.0. The topological polar surface area (TPSA) is 237 Å². The smallest absolute Gasteiger partial charge is 0.462 e. The highest BCUT2D eigenvalue weighted by molar-refractivity contribution is 7.47. The first-order valence-electron chi connectivity index (χ1n) is 39.5. The molecule has 0 radical (unpaired) electrons. The van der Waals surface area contributed by atoms with E-state index in [0.717, 1.165) is 186 Å². The summed E-state index contributed by atoms with van der Waals surface area (Å²) < 4.78 is 68.6. The Morgan fingerprint density at radius 3 is 0.820 bits per heavy atom. The van der Waals surface area contributed by atoms with Gasteiger partial charge in [-0.05, 0) is 122 Å². The number of allylic oxidation sites excluding steroid dienone is 16. The van der Waals surface area contributed by atoms with Gasteiger partial charge in [0.1, 0.15) is 19.3 Å². The van der Waals surface area contributed by atoms with Crippen molar-refractivity contribution in [1.82, 2.24) is 0 Å². The molecule has 19 heteroatoms. The second-order valence-corrected chi connectivity index (χ2v) is 29.2. The third kappa shape index (κ3) is 72.3. The summed E-state index contributed by atoms with van der Waals surface area (Å²) in [5.41, 5.74) is 0. The quantitative estimate of drug-likeness (QED) is 0.0169. The Kier molecular flexibility index (Phi) is 70.4. The minimum Gasteiger partial charge on any atom is -0.462 e. The molecule has 0 spiro atoms. The molecule has 5 atom stereocenters. The molecule has 0 rings (SSSR count). The van der Waals surface area contributed by atoms with Gasteiger partial charge in [-0.1, -0.05) is 285 Å². The number of phosphoric acid groups is 2. The summed E-state index contributed by atoms with van der Waals surface area (Å²) >= 11 is 0. The van der Waals surface area contributed by atoms with E-state index in [1.807, 2.05) is 0 Å². The Hall–Kier alpha value is -4.02. The lowest BCUT2D eigenvalue weighted by Crippen LogP contribution is -2.30. The van der Waals surface area contributed by atoms with E-state index in [-0.39, 0.29) is 25.7 Å². The van der Waals surface area contributed by atoms with Gasteiger partial charge in [-0.25, -0.2) is 9.13 Å². The van der Waals surface area contributed by atoms with Crippen LogP contribution in [0.15, 0.2) is 97.2 Å². The Balaban J connectivity index is 5.36. The zero-order valence-corrected chi connectivity index (χ0v) is 64.9. The van der Waals surface area contributed by atoms with Gasteiger partial charge in [0.2, 0.25) is 0 Å². The van der Waals surface area contributed by atoms with Gasteiger partial charge in [0.05, 0.1) is 26.4 Å². The first-order valence-corrected chi connectivity index (χ1v) is 42.5. The van der Waals surface area contributed by atoms with Crippen LogP contribution in [0.2, 0.25) is 0 Å². The third-order valence-corrected chi connectivity index (χ3v) is 18.4. The molecule has 0 saturated heterocycles. The fraction of sp³-hybridized carbons (Fsp3) is 0.753. The van der Waals surface area contributed by atoms with Crippen molar-refractivity contribution in [1.29, 1.82) is 0 Å². The Morgan fingerprint density at radius 2 is 0.520 bits per heavy atom. The van der Waals surface area contributed by atoms with Crippen molar-refractivity contribution in [2.24, 2.45) is 0 Å². The highest BCUT2D eigenvalue weighted by Gasteiger charge is 2.30. The molecule has 0 amide bonds. The predicted molar refractivity (Wildman–Crippen MR) is 409 cm³/mol. The minimum absolute atomic E-state index is 0.0770. The Morgan fingerprint density at radius 1 is 0.290 bits per heavy atom. The van der Waals surface area contributed by atoms with Crippen LogP contribution in [0.25, 0.3) is 0 Å². The van der Waals surface area contributed by atoms with Crippen LogP contribution < -0.4 is 0 Å². The van der Waals surface area contributed by atoms with Gasteiger partial charge in [-0.2, -0.15) is 0 Å². The monoisotopic (exact) mass is 1450 g/mol. The number of ether oxygens (including phenoxy) is 4. The normalized spacial score (nSPS) is 14.4. The summed E-state index contributed by atoms with van der Waals surface area (Å²) in [5, 5.41) is 10.6. The Bertz CT molecular complexity index is 2270. The zero-order valence-electron chi connectivity index (χ0n) is 63.1. The van der Waals surface area contributed by atoms with E-state index in [4.69, 9.17) is 37.0 Å². The third-order valence-electron chi connectivity index (χ3n) is 16.5. The lowest BCUT2D eigenvalue weighted by Gasteiger charge is -2.21. The van der Waals surface area contributed by atoms with Crippen molar-refractivity contribution in [3.63, 3.8) is 0 Å². The molecular weight excluding hydrogens is 1310 g/mol. The van der Waals surface area contributed by atoms with Crippen LogP contribution in [0.5, 0.6) is 0 Å². The average molecular weight is 1450 g/mol. The molecule has 0 saturated carbocycles. The van der Waals surface area contributed by atoms with Crippen LogP contribution >= 0.6 is 15.6 Å². The lowest BCUT2D eigenvalue weighted by atomic mass is 10.0. The summed E-state index contributed by atoms with van der Waals surface area (Å²) in [6.07, 6.45) is 76.7. The average Bonchev–Trinajstić information content (AvgIpc) is 1.06. The molecule has 0 aromatic heterocycles. The summed E-state index contributed by atoms with van der Waals surface area (Å²) in [6.45, 7) is 4.62. The van der Waals surface area contributed by atoms with Gasteiger partial charge >= 0.3 is 39.5 Å². The van der Waals surface area contributed by atoms with E-state index in [1.54, 1.807) is 0 Å². The van der Waals surface area contributed by atoms with E-state index >= 15 is 0 Å². The van der Waals surface area contributed by atoms with E-state index < -0.39 is 97.5 Å². The number of rotatable bonds is 74. The largest absolute Gasteiger partial charge is 0.472 e. The molecule has 0 aromatic carbocycles. The van der Waals surface area contributed by atoms with Crippen LogP contribution in [0.4, 0.5) is 0 Å². The standard InChI is InChI=1S/C81H142O17P2/c1-5-9-13-17-21-25-29-33-36-37-40-43-46-50-54-58-62-66-79(84)92-72-77(98-81(86)68-64-60-56-52-48-44-39-35-31-27-23-19-15-11-7-3)74-96-100(89,90)94-70-75(82)69-93-99(87,88)95-73-76(97-80(85)67-63-59-55-51-47-41-32-28-24-20-16-12-8-4)71-91-78(83)65-61-57-53-49-45-42-38-34-30-26-22-18-14-10-6-2/h9-10,13-14,21-23,25-27,33-36,38-39,75-77,82H,5-8,11-12,15-20,24,28-32,37,40-74H2,1-4H3,(H,87,88)(H,89,90)/b13-9-,14-10-,25-21-,26-22-,27-23-,36-33-,38-34-,39-35-. The van der Waals surface area contributed by atoms with E-state index in [0.29, 0.717) is 25.7 Å².